The molecular weight excluding hydrogens is 172 g/mol. The van der Waals surface area contributed by atoms with Gasteiger partial charge in [0.1, 0.15) is 6.54 Å². The molecule has 0 bridgehead atoms. The van der Waals surface area contributed by atoms with Crippen LogP contribution in [0, 0.1) is 17.2 Å². The Hall–Kier alpha value is -1.57. The number of carboxylic acid groups (broad SMARTS) is 1. The summed E-state index contributed by atoms with van der Waals surface area (Å²) in [5, 5.41) is 17.0. The highest BCUT2D eigenvalue weighted by Gasteiger charge is 2.29. The minimum atomic E-state index is -0.926. The number of hydrogen-bond acceptors (Lipinski definition) is 3. The van der Waals surface area contributed by atoms with Crippen LogP contribution in [0.25, 0.3) is 0 Å². The lowest BCUT2D eigenvalue weighted by Gasteiger charge is -2.27. The van der Waals surface area contributed by atoms with E-state index in [1.165, 1.54) is 4.90 Å². The Kier molecular flexibility index (Phi) is 2.85. The maximum absolute atomic E-state index is 11.2. The molecule has 0 spiro atoms. The number of carboxylic acids is 1. The van der Waals surface area contributed by atoms with Gasteiger partial charge in [0.15, 0.2) is 0 Å². The molecule has 1 aliphatic heterocycles. The molecule has 1 amide bonds. The van der Waals surface area contributed by atoms with Gasteiger partial charge >= 0.3 is 5.97 Å². The lowest BCUT2D eigenvalue weighted by molar-refractivity contribution is -0.149. The molecule has 1 fully saturated rings. The highest BCUT2D eigenvalue weighted by molar-refractivity contribution is 5.83. The first-order valence-electron chi connectivity index (χ1n) is 4.02. The molecule has 0 unspecified atom stereocenters. The Balaban J connectivity index is 2.52. The highest BCUT2D eigenvalue weighted by atomic mass is 16.4. The third-order valence-electron chi connectivity index (χ3n) is 2.13. The number of hydrogen-bond donors (Lipinski definition) is 1. The van der Waals surface area contributed by atoms with E-state index in [4.69, 9.17) is 10.4 Å². The summed E-state index contributed by atoms with van der Waals surface area (Å²) in [4.78, 5) is 23.1. The molecule has 70 valence electrons. The van der Waals surface area contributed by atoms with E-state index < -0.39 is 11.9 Å². The van der Waals surface area contributed by atoms with E-state index in [1.54, 1.807) is 0 Å². The van der Waals surface area contributed by atoms with Gasteiger partial charge in [0.2, 0.25) is 5.91 Å². The van der Waals surface area contributed by atoms with Crippen LogP contribution in [0.4, 0.5) is 0 Å². The topological polar surface area (TPSA) is 81.4 Å². The number of likely N-dealkylation sites (tertiary alicyclic amines) is 1. The Morgan fingerprint density at radius 1 is 1.77 bits per heavy atom. The first kappa shape index (κ1) is 9.52. The van der Waals surface area contributed by atoms with E-state index in [0.29, 0.717) is 13.0 Å². The summed E-state index contributed by atoms with van der Waals surface area (Å²) in [5.74, 6) is -1.73. The van der Waals surface area contributed by atoms with Crippen LogP contribution in [0.1, 0.15) is 12.8 Å². The number of carbonyl (C=O) groups is 2. The van der Waals surface area contributed by atoms with Crippen molar-refractivity contribution < 1.29 is 14.7 Å². The van der Waals surface area contributed by atoms with Crippen LogP contribution in [0.2, 0.25) is 0 Å². The zero-order valence-electron chi connectivity index (χ0n) is 7.06. The van der Waals surface area contributed by atoms with Crippen molar-refractivity contribution in [3.8, 4) is 6.07 Å². The van der Waals surface area contributed by atoms with Gasteiger partial charge in [-0.2, -0.15) is 5.26 Å². The number of carbonyl (C=O) groups excluding carboxylic acids is 1. The molecule has 5 nitrogen and oxygen atoms in total. The summed E-state index contributed by atoms with van der Waals surface area (Å²) in [7, 11) is 0. The third kappa shape index (κ3) is 2.18. The molecule has 0 aliphatic carbocycles. The Labute approximate surface area is 75.6 Å². The van der Waals surface area contributed by atoms with Crippen molar-refractivity contribution >= 4 is 11.9 Å². The minimum absolute atomic E-state index is 0.0248. The average Bonchev–Trinajstić information content (AvgIpc) is 2.08. The van der Waals surface area contributed by atoms with E-state index in [9.17, 15) is 9.59 Å². The third-order valence-corrected chi connectivity index (χ3v) is 2.13. The predicted molar refractivity (Wildman–Crippen MR) is 42.6 cm³/mol. The van der Waals surface area contributed by atoms with Crippen LogP contribution in [0.3, 0.4) is 0 Å². The van der Waals surface area contributed by atoms with Gasteiger partial charge in [0.05, 0.1) is 12.0 Å². The van der Waals surface area contributed by atoms with Crippen molar-refractivity contribution in [2.75, 3.05) is 13.1 Å². The first-order valence-corrected chi connectivity index (χ1v) is 4.02. The molecule has 1 saturated heterocycles. The molecule has 1 atom stereocenters. The number of nitrogens with zero attached hydrogens (tertiary/aromatic N) is 2. The van der Waals surface area contributed by atoms with Gasteiger partial charge in [-0.1, -0.05) is 0 Å². The van der Waals surface area contributed by atoms with Gasteiger partial charge in [-0.3, -0.25) is 9.59 Å². The SMILES string of the molecule is N#CCN1CC[C@H](C(=O)O)CC1=O. The highest BCUT2D eigenvalue weighted by Crippen LogP contribution is 2.17. The van der Waals surface area contributed by atoms with Crippen molar-refractivity contribution in [3.05, 3.63) is 0 Å². The lowest BCUT2D eigenvalue weighted by Crippen LogP contribution is -2.40. The van der Waals surface area contributed by atoms with Crippen LogP contribution in [-0.2, 0) is 9.59 Å². The molecule has 13 heavy (non-hydrogen) atoms. The zero-order chi connectivity index (χ0) is 9.84. The van der Waals surface area contributed by atoms with Crippen molar-refractivity contribution in [2.24, 2.45) is 5.92 Å². The summed E-state index contributed by atoms with van der Waals surface area (Å²) in [5.41, 5.74) is 0. The number of piperidine rings is 1. The van der Waals surface area contributed by atoms with Crippen molar-refractivity contribution in [1.29, 1.82) is 5.26 Å². The van der Waals surface area contributed by atoms with Crippen LogP contribution in [0.5, 0.6) is 0 Å². The second-order valence-corrected chi connectivity index (χ2v) is 3.00. The zero-order valence-corrected chi connectivity index (χ0v) is 7.06. The molecule has 0 aromatic carbocycles. The van der Waals surface area contributed by atoms with Gasteiger partial charge < -0.3 is 10.0 Å². The van der Waals surface area contributed by atoms with Gasteiger partial charge in [-0.25, -0.2) is 0 Å². The van der Waals surface area contributed by atoms with Gasteiger partial charge in [0, 0.05) is 13.0 Å². The predicted octanol–water partition coefficient (Wildman–Crippen LogP) is -0.167. The summed E-state index contributed by atoms with van der Waals surface area (Å²) in [6.07, 6.45) is 0.472. The van der Waals surface area contributed by atoms with Gasteiger partial charge in [-0.05, 0) is 6.42 Å². The van der Waals surface area contributed by atoms with E-state index in [-0.39, 0.29) is 18.9 Å². The van der Waals surface area contributed by atoms with Crippen LogP contribution < -0.4 is 0 Å². The summed E-state index contributed by atoms with van der Waals surface area (Å²) in [6.45, 7) is 0.439. The van der Waals surface area contributed by atoms with Crippen molar-refractivity contribution in [1.82, 2.24) is 4.90 Å². The number of aliphatic carboxylic acids is 1. The second-order valence-electron chi connectivity index (χ2n) is 3.00. The maximum atomic E-state index is 11.2. The molecule has 5 heteroatoms. The van der Waals surface area contributed by atoms with Gasteiger partial charge in [-0.15, -0.1) is 0 Å². The summed E-state index contributed by atoms with van der Waals surface area (Å²) in [6, 6.07) is 1.87. The van der Waals surface area contributed by atoms with Gasteiger partial charge in [0.25, 0.3) is 0 Å². The van der Waals surface area contributed by atoms with E-state index in [1.807, 2.05) is 6.07 Å². The molecule has 0 saturated carbocycles. The van der Waals surface area contributed by atoms with Crippen LogP contribution in [0.15, 0.2) is 0 Å². The van der Waals surface area contributed by atoms with Crippen LogP contribution in [-0.4, -0.2) is 35.0 Å². The molecule has 1 N–H and O–H groups in total. The standard InChI is InChI=1S/C8H10N2O3/c9-2-4-10-3-1-6(8(12)13)5-7(10)11/h6H,1,3-5H2,(H,12,13)/t6-/m0/s1. The summed E-state index contributed by atoms with van der Waals surface area (Å²) < 4.78 is 0. The number of amides is 1. The number of nitriles is 1. The minimum Gasteiger partial charge on any atom is -0.481 e. The molecule has 1 heterocycles. The van der Waals surface area contributed by atoms with E-state index in [2.05, 4.69) is 0 Å². The first-order chi connectivity index (χ1) is 6.15. The normalized spacial score (nSPS) is 22.5. The molecule has 0 aromatic heterocycles. The molecule has 1 aliphatic rings. The molecule has 0 aromatic rings. The fourth-order valence-electron chi connectivity index (χ4n) is 1.34. The van der Waals surface area contributed by atoms with Crippen LogP contribution >= 0.6 is 0 Å². The average molecular weight is 182 g/mol. The largest absolute Gasteiger partial charge is 0.481 e. The number of rotatable bonds is 2. The maximum Gasteiger partial charge on any atom is 0.307 e. The van der Waals surface area contributed by atoms with Crippen molar-refractivity contribution in [3.63, 3.8) is 0 Å². The quantitative estimate of drug-likeness (QED) is 0.601. The van der Waals surface area contributed by atoms with E-state index >= 15 is 0 Å². The smallest absolute Gasteiger partial charge is 0.307 e. The van der Waals surface area contributed by atoms with Crippen molar-refractivity contribution in [2.45, 2.75) is 12.8 Å². The molecule has 1 rings (SSSR count). The fourth-order valence-corrected chi connectivity index (χ4v) is 1.34. The molecule has 0 radical (unpaired) electrons. The second kappa shape index (κ2) is 3.90. The summed E-state index contributed by atoms with van der Waals surface area (Å²) >= 11 is 0. The molecular formula is C8H10N2O3. The Morgan fingerprint density at radius 3 is 2.92 bits per heavy atom. The monoisotopic (exact) mass is 182 g/mol. The lowest BCUT2D eigenvalue weighted by atomic mass is 9.96. The van der Waals surface area contributed by atoms with E-state index in [0.717, 1.165) is 0 Å². The Bertz CT molecular complexity index is 269. The fraction of sp³-hybridized carbons (Fsp3) is 0.625. The Morgan fingerprint density at radius 2 is 2.46 bits per heavy atom.